The average molecular weight is 542 g/mol. The van der Waals surface area contributed by atoms with Crippen molar-refractivity contribution in [3.8, 4) is 17.2 Å². The molecular formula is C33H35NO6. The van der Waals surface area contributed by atoms with Crippen LogP contribution in [0.25, 0.3) is 11.0 Å². The summed E-state index contributed by atoms with van der Waals surface area (Å²) in [4.78, 5) is 29.7. The number of methoxy groups -OCH3 is 2. The summed E-state index contributed by atoms with van der Waals surface area (Å²) in [6.07, 6.45) is 0.596. The zero-order valence-electron chi connectivity index (χ0n) is 23.9. The van der Waals surface area contributed by atoms with E-state index in [2.05, 4.69) is 13.8 Å². The van der Waals surface area contributed by atoms with Crippen molar-refractivity contribution in [3.63, 3.8) is 0 Å². The number of benzene rings is 3. The summed E-state index contributed by atoms with van der Waals surface area (Å²) in [5.41, 5.74) is 4.20. The predicted octanol–water partition coefficient (Wildman–Crippen LogP) is 6.25. The van der Waals surface area contributed by atoms with Gasteiger partial charge >= 0.3 is 0 Å². The van der Waals surface area contributed by atoms with E-state index in [1.807, 2.05) is 68.4 Å². The minimum Gasteiger partial charge on any atom is -0.497 e. The molecule has 1 aromatic heterocycles. The predicted molar refractivity (Wildman–Crippen MR) is 155 cm³/mol. The van der Waals surface area contributed by atoms with Crippen molar-refractivity contribution in [2.24, 2.45) is 5.92 Å². The van der Waals surface area contributed by atoms with E-state index in [4.69, 9.17) is 18.6 Å². The number of carbonyl (C=O) groups excluding carboxylic acids is 1. The molecule has 3 aromatic carbocycles. The number of carbonyl (C=O) groups is 1. The zero-order chi connectivity index (χ0) is 28.6. The van der Waals surface area contributed by atoms with Gasteiger partial charge in [-0.2, -0.15) is 0 Å². The van der Waals surface area contributed by atoms with E-state index in [0.717, 1.165) is 28.0 Å². The quantitative estimate of drug-likeness (QED) is 0.249. The van der Waals surface area contributed by atoms with Crippen LogP contribution in [0, 0.1) is 19.8 Å². The van der Waals surface area contributed by atoms with Crippen molar-refractivity contribution >= 4 is 16.9 Å². The van der Waals surface area contributed by atoms with Crippen molar-refractivity contribution < 1.29 is 23.4 Å². The number of rotatable bonds is 9. The second-order valence-corrected chi connectivity index (χ2v) is 10.7. The molecule has 0 fully saturated rings. The third-order valence-electron chi connectivity index (χ3n) is 7.29. The number of aryl methyl sites for hydroxylation is 2. The van der Waals surface area contributed by atoms with Gasteiger partial charge in [0.1, 0.15) is 11.3 Å². The molecule has 2 heterocycles. The molecule has 7 nitrogen and oxygen atoms in total. The van der Waals surface area contributed by atoms with Crippen LogP contribution >= 0.6 is 0 Å². The lowest BCUT2D eigenvalue weighted by atomic mass is 9.96. The van der Waals surface area contributed by atoms with E-state index in [0.29, 0.717) is 53.5 Å². The maximum atomic E-state index is 14.1. The summed E-state index contributed by atoms with van der Waals surface area (Å²) in [5, 5.41) is 0.503. The standard InChI is InChI=1S/C33H35NO6/c1-19(2)18-39-25-12-9-23(17-26(25)38-6)30-29-31(35)28-21(4)15-20(3)16-27(28)40-32(29)33(36)34(30)14-13-22-7-10-24(37-5)11-8-22/h7-12,15-17,19,30H,13-14,18H2,1-6H3. The lowest BCUT2D eigenvalue weighted by Crippen LogP contribution is -2.31. The molecule has 1 amide bonds. The molecule has 1 unspecified atom stereocenters. The smallest absolute Gasteiger partial charge is 0.290 e. The Morgan fingerprint density at radius 1 is 0.925 bits per heavy atom. The lowest BCUT2D eigenvalue weighted by molar-refractivity contribution is 0.0729. The number of amides is 1. The highest BCUT2D eigenvalue weighted by molar-refractivity contribution is 5.99. The minimum absolute atomic E-state index is 0.0985. The first-order valence-electron chi connectivity index (χ1n) is 13.5. The molecule has 1 atom stereocenters. The van der Waals surface area contributed by atoms with Crippen LogP contribution in [0.15, 0.2) is 63.8 Å². The normalized spacial score (nSPS) is 14.6. The topological polar surface area (TPSA) is 78.2 Å². The van der Waals surface area contributed by atoms with Gasteiger partial charge < -0.3 is 23.5 Å². The first-order chi connectivity index (χ1) is 19.2. The summed E-state index contributed by atoms with van der Waals surface area (Å²) in [6.45, 7) is 8.94. The molecule has 208 valence electrons. The molecule has 40 heavy (non-hydrogen) atoms. The van der Waals surface area contributed by atoms with Gasteiger partial charge in [0.2, 0.25) is 5.76 Å². The van der Waals surface area contributed by atoms with Crippen LogP contribution in [0.3, 0.4) is 0 Å². The minimum atomic E-state index is -0.629. The molecule has 1 aliphatic heterocycles. The zero-order valence-corrected chi connectivity index (χ0v) is 23.9. The second-order valence-electron chi connectivity index (χ2n) is 10.7. The second kappa shape index (κ2) is 11.1. The molecule has 5 rings (SSSR count). The Bertz CT molecular complexity index is 1620. The largest absolute Gasteiger partial charge is 0.497 e. The number of hydrogen-bond acceptors (Lipinski definition) is 6. The fourth-order valence-corrected chi connectivity index (χ4v) is 5.36. The van der Waals surface area contributed by atoms with E-state index in [1.165, 1.54) is 0 Å². The fraction of sp³-hybridized carbons (Fsp3) is 0.333. The third-order valence-corrected chi connectivity index (χ3v) is 7.29. The van der Waals surface area contributed by atoms with Crippen molar-refractivity contribution in [2.45, 2.75) is 40.2 Å². The highest BCUT2D eigenvalue weighted by atomic mass is 16.5. The van der Waals surface area contributed by atoms with E-state index in [9.17, 15) is 9.59 Å². The molecule has 0 saturated carbocycles. The molecule has 4 aromatic rings. The summed E-state index contributed by atoms with van der Waals surface area (Å²) >= 11 is 0. The third kappa shape index (κ3) is 5.04. The van der Waals surface area contributed by atoms with Crippen LogP contribution in [0.5, 0.6) is 17.2 Å². The average Bonchev–Trinajstić information content (AvgIpc) is 3.21. The molecule has 1 aliphatic rings. The Morgan fingerprint density at radius 2 is 1.68 bits per heavy atom. The van der Waals surface area contributed by atoms with Crippen LogP contribution in [0.4, 0.5) is 0 Å². The van der Waals surface area contributed by atoms with E-state index in [1.54, 1.807) is 19.1 Å². The van der Waals surface area contributed by atoms with E-state index < -0.39 is 6.04 Å². The Balaban J connectivity index is 1.62. The number of hydrogen-bond donors (Lipinski definition) is 0. The molecule has 7 heteroatoms. The molecule has 0 aliphatic carbocycles. The number of fused-ring (bicyclic) bond motifs is 2. The molecule has 0 saturated heterocycles. The van der Waals surface area contributed by atoms with Crippen LogP contribution < -0.4 is 19.6 Å². The van der Waals surface area contributed by atoms with Crippen molar-refractivity contribution in [1.82, 2.24) is 4.90 Å². The van der Waals surface area contributed by atoms with Crippen molar-refractivity contribution in [3.05, 3.63) is 98.4 Å². The molecule has 0 radical (unpaired) electrons. The summed E-state index contributed by atoms with van der Waals surface area (Å²) in [7, 11) is 3.22. The first-order valence-corrected chi connectivity index (χ1v) is 13.5. The summed E-state index contributed by atoms with van der Waals surface area (Å²) in [5.74, 6) is 2.08. The Labute approximate surface area is 234 Å². The monoisotopic (exact) mass is 541 g/mol. The first kappa shape index (κ1) is 27.3. The SMILES string of the molecule is COc1ccc(CCN2C(=O)c3oc4cc(C)cc(C)c4c(=O)c3C2c2ccc(OCC(C)C)c(OC)c2)cc1. The highest BCUT2D eigenvalue weighted by Crippen LogP contribution is 2.41. The lowest BCUT2D eigenvalue weighted by Gasteiger charge is -2.26. The maximum absolute atomic E-state index is 14.1. The van der Waals surface area contributed by atoms with Crippen molar-refractivity contribution in [2.75, 3.05) is 27.4 Å². The van der Waals surface area contributed by atoms with Crippen molar-refractivity contribution in [1.29, 1.82) is 0 Å². The maximum Gasteiger partial charge on any atom is 0.290 e. The van der Waals surface area contributed by atoms with Gasteiger partial charge in [0.25, 0.3) is 5.91 Å². The fourth-order valence-electron chi connectivity index (χ4n) is 5.36. The summed E-state index contributed by atoms with van der Waals surface area (Å²) < 4.78 is 23.1. The highest BCUT2D eigenvalue weighted by Gasteiger charge is 2.43. The van der Waals surface area contributed by atoms with Gasteiger partial charge in [0.15, 0.2) is 16.9 Å². The van der Waals surface area contributed by atoms with Gasteiger partial charge in [0.05, 0.1) is 37.8 Å². The van der Waals surface area contributed by atoms with Gasteiger partial charge in [-0.15, -0.1) is 0 Å². The summed E-state index contributed by atoms with van der Waals surface area (Å²) in [6, 6.07) is 16.5. The number of nitrogens with zero attached hydrogens (tertiary/aromatic N) is 1. The van der Waals surface area contributed by atoms with Crippen LogP contribution in [0.2, 0.25) is 0 Å². The van der Waals surface area contributed by atoms with Crippen LogP contribution in [0.1, 0.15) is 58.3 Å². The van der Waals surface area contributed by atoms with Crippen LogP contribution in [-0.4, -0.2) is 38.2 Å². The molecule has 0 spiro atoms. The van der Waals surface area contributed by atoms with E-state index >= 15 is 0 Å². The van der Waals surface area contributed by atoms with Gasteiger partial charge in [0, 0.05) is 6.54 Å². The Morgan fingerprint density at radius 3 is 2.35 bits per heavy atom. The molecule has 0 bridgehead atoms. The number of ether oxygens (including phenoxy) is 3. The van der Waals surface area contributed by atoms with Gasteiger partial charge in [-0.25, -0.2) is 0 Å². The van der Waals surface area contributed by atoms with Crippen LogP contribution in [-0.2, 0) is 6.42 Å². The van der Waals surface area contributed by atoms with Gasteiger partial charge in [-0.05, 0) is 78.8 Å². The Hall–Kier alpha value is -4.26. The van der Waals surface area contributed by atoms with Gasteiger partial charge in [-0.3, -0.25) is 9.59 Å². The Kier molecular flexibility index (Phi) is 7.57. The molecule has 0 N–H and O–H groups in total. The molecular weight excluding hydrogens is 506 g/mol. The van der Waals surface area contributed by atoms with E-state index in [-0.39, 0.29) is 17.1 Å². The van der Waals surface area contributed by atoms with Gasteiger partial charge in [-0.1, -0.05) is 38.1 Å².